The maximum Gasteiger partial charge on any atom is 0.321 e. The van der Waals surface area contributed by atoms with Crippen LogP contribution in [0.2, 0.25) is 10.0 Å². The number of hydrogen-bond acceptors (Lipinski definition) is 3. The van der Waals surface area contributed by atoms with Gasteiger partial charge in [0.05, 0.1) is 10.0 Å². The normalized spacial score (nSPS) is 20.3. The van der Waals surface area contributed by atoms with Gasteiger partial charge in [0.1, 0.15) is 0 Å². The van der Waals surface area contributed by atoms with Crippen molar-refractivity contribution in [1.82, 2.24) is 14.7 Å². The lowest BCUT2D eigenvalue weighted by atomic mass is 10.00. The number of likely N-dealkylation sites (tertiary alicyclic amines) is 1. The summed E-state index contributed by atoms with van der Waals surface area (Å²) in [6, 6.07) is 16.5. The summed E-state index contributed by atoms with van der Waals surface area (Å²) in [5.74, 6) is 0. The Balaban J connectivity index is 1.24. The minimum Gasteiger partial charge on any atom is -0.322 e. The van der Waals surface area contributed by atoms with Gasteiger partial charge in [0, 0.05) is 51.0 Å². The number of benzene rings is 2. The van der Waals surface area contributed by atoms with Crippen molar-refractivity contribution in [2.75, 3.05) is 51.1 Å². The highest BCUT2D eigenvalue weighted by molar-refractivity contribution is 6.42. The molecule has 1 unspecified atom stereocenters. The molecule has 32 heavy (non-hydrogen) atoms. The predicted octanol–water partition coefficient (Wildman–Crippen LogP) is 5.24. The number of carbonyl (C=O) groups is 1. The van der Waals surface area contributed by atoms with Gasteiger partial charge in [0.15, 0.2) is 0 Å². The van der Waals surface area contributed by atoms with E-state index in [2.05, 4.69) is 45.4 Å². The highest BCUT2D eigenvalue weighted by atomic mass is 35.5. The highest BCUT2D eigenvalue weighted by Gasteiger charge is 2.27. The molecule has 4 rings (SSSR count). The standard InChI is InChI=1S/C25H32Cl2N4O/c26-23-10-9-21(18-24(23)27)28-25(32)31-16-14-29(15-17-31)19-22-8-4-5-12-30(22)13-11-20-6-2-1-3-7-20/h1-3,6-7,9-10,18,22H,4-5,8,11-17,19H2,(H,28,32). The summed E-state index contributed by atoms with van der Waals surface area (Å²) in [5, 5.41) is 3.86. The second-order valence-electron chi connectivity index (χ2n) is 8.77. The van der Waals surface area contributed by atoms with E-state index in [0.29, 0.717) is 21.8 Å². The first-order chi connectivity index (χ1) is 15.6. The smallest absolute Gasteiger partial charge is 0.321 e. The fourth-order valence-corrected chi connectivity index (χ4v) is 4.98. The number of anilines is 1. The maximum atomic E-state index is 12.6. The van der Waals surface area contributed by atoms with Crippen LogP contribution >= 0.6 is 23.2 Å². The quantitative estimate of drug-likeness (QED) is 0.621. The third-order valence-corrected chi connectivity index (χ3v) is 7.32. The lowest BCUT2D eigenvalue weighted by molar-refractivity contribution is 0.0816. The van der Waals surface area contributed by atoms with Crippen molar-refractivity contribution < 1.29 is 4.79 Å². The molecule has 0 aliphatic carbocycles. The molecule has 0 radical (unpaired) electrons. The second-order valence-corrected chi connectivity index (χ2v) is 9.58. The number of hydrogen-bond donors (Lipinski definition) is 1. The van der Waals surface area contributed by atoms with Crippen molar-refractivity contribution in [3.63, 3.8) is 0 Å². The molecule has 7 heteroatoms. The summed E-state index contributed by atoms with van der Waals surface area (Å²) in [4.78, 5) is 19.7. The number of halogens is 2. The van der Waals surface area contributed by atoms with Crippen LogP contribution in [0.1, 0.15) is 24.8 Å². The van der Waals surface area contributed by atoms with Crippen LogP contribution in [0.15, 0.2) is 48.5 Å². The van der Waals surface area contributed by atoms with E-state index in [1.807, 2.05) is 4.90 Å². The molecule has 0 saturated carbocycles. The van der Waals surface area contributed by atoms with Crippen molar-refractivity contribution in [2.45, 2.75) is 31.7 Å². The van der Waals surface area contributed by atoms with Crippen molar-refractivity contribution in [2.24, 2.45) is 0 Å². The van der Waals surface area contributed by atoms with E-state index in [4.69, 9.17) is 23.2 Å². The number of amides is 2. The van der Waals surface area contributed by atoms with E-state index < -0.39 is 0 Å². The van der Waals surface area contributed by atoms with E-state index in [0.717, 1.165) is 45.7 Å². The number of piperazine rings is 1. The van der Waals surface area contributed by atoms with Crippen LogP contribution in [0.4, 0.5) is 10.5 Å². The minimum absolute atomic E-state index is 0.0785. The van der Waals surface area contributed by atoms with Gasteiger partial charge in [-0.25, -0.2) is 4.79 Å². The molecular formula is C25H32Cl2N4O. The van der Waals surface area contributed by atoms with E-state index in [1.165, 1.54) is 31.4 Å². The zero-order valence-corrected chi connectivity index (χ0v) is 20.0. The van der Waals surface area contributed by atoms with Crippen molar-refractivity contribution in [3.05, 3.63) is 64.1 Å². The monoisotopic (exact) mass is 474 g/mol. The molecule has 0 bridgehead atoms. The molecule has 2 aliphatic rings. The Bertz CT molecular complexity index is 887. The van der Waals surface area contributed by atoms with E-state index in [-0.39, 0.29) is 6.03 Å². The van der Waals surface area contributed by atoms with Crippen molar-refractivity contribution in [1.29, 1.82) is 0 Å². The van der Waals surface area contributed by atoms with Gasteiger partial charge in [-0.2, -0.15) is 0 Å². The van der Waals surface area contributed by atoms with Gasteiger partial charge in [0.2, 0.25) is 0 Å². The molecule has 2 fully saturated rings. The Kier molecular flexibility index (Phi) is 8.31. The van der Waals surface area contributed by atoms with Gasteiger partial charge in [-0.3, -0.25) is 9.80 Å². The average Bonchev–Trinajstić information content (AvgIpc) is 2.82. The topological polar surface area (TPSA) is 38.8 Å². The molecule has 2 saturated heterocycles. The lowest BCUT2D eigenvalue weighted by Gasteiger charge is -2.41. The maximum absolute atomic E-state index is 12.6. The zero-order valence-electron chi connectivity index (χ0n) is 18.5. The number of nitrogens with zero attached hydrogens (tertiary/aromatic N) is 3. The molecule has 2 aromatic rings. The van der Waals surface area contributed by atoms with Gasteiger partial charge in [0.25, 0.3) is 0 Å². The Labute approximate surface area is 201 Å². The van der Waals surface area contributed by atoms with Crippen molar-refractivity contribution in [3.8, 4) is 0 Å². The van der Waals surface area contributed by atoms with Crippen LogP contribution in [-0.2, 0) is 6.42 Å². The summed E-state index contributed by atoms with van der Waals surface area (Å²) in [7, 11) is 0. The van der Waals surface area contributed by atoms with E-state index >= 15 is 0 Å². The predicted molar refractivity (Wildman–Crippen MR) is 133 cm³/mol. The summed E-state index contributed by atoms with van der Waals surface area (Å²) < 4.78 is 0. The molecule has 0 aromatic heterocycles. The summed E-state index contributed by atoms with van der Waals surface area (Å²) in [5.41, 5.74) is 2.08. The number of urea groups is 1. The molecular weight excluding hydrogens is 443 g/mol. The Hall–Kier alpha value is -1.79. The van der Waals surface area contributed by atoms with Crippen molar-refractivity contribution >= 4 is 34.9 Å². The van der Waals surface area contributed by atoms with Gasteiger partial charge in [-0.05, 0) is 49.6 Å². The van der Waals surface area contributed by atoms with Crippen LogP contribution in [0.3, 0.4) is 0 Å². The first-order valence-corrected chi connectivity index (χ1v) is 12.4. The van der Waals surface area contributed by atoms with E-state index in [1.54, 1.807) is 18.2 Å². The largest absolute Gasteiger partial charge is 0.322 e. The van der Waals surface area contributed by atoms with Crippen LogP contribution in [0.25, 0.3) is 0 Å². The van der Waals surface area contributed by atoms with E-state index in [9.17, 15) is 4.79 Å². The number of carbonyl (C=O) groups excluding carboxylic acids is 1. The van der Waals surface area contributed by atoms with Gasteiger partial charge in [-0.1, -0.05) is 60.0 Å². The molecule has 2 aliphatic heterocycles. The Morgan fingerprint density at radius 1 is 0.938 bits per heavy atom. The first-order valence-electron chi connectivity index (χ1n) is 11.6. The number of nitrogens with one attached hydrogen (secondary N) is 1. The van der Waals surface area contributed by atoms with Crippen LogP contribution in [-0.4, -0.2) is 72.6 Å². The van der Waals surface area contributed by atoms with Gasteiger partial charge in [-0.15, -0.1) is 0 Å². The Morgan fingerprint density at radius 2 is 1.72 bits per heavy atom. The zero-order chi connectivity index (χ0) is 22.3. The molecule has 5 nitrogen and oxygen atoms in total. The SMILES string of the molecule is O=C(Nc1ccc(Cl)c(Cl)c1)N1CCN(CC2CCCCN2CCc2ccccc2)CC1. The lowest BCUT2D eigenvalue weighted by Crippen LogP contribution is -2.54. The molecule has 0 spiro atoms. The average molecular weight is 475 g/mol. The number of rotatable bonds is 6. The van der Waals surface area contributed by atoms with Gasteiger partial charge >= 0.3 is 6.03 Å². The van der Waals surface area contributed by atoms with Crippen LogP contribution < -0.4 is 5.32 Å². The molecule has 2 amide bonds. The fourth-order valence-electron chi connectivity index (χ4n) is 4.69. The van der Waals surface area contributed by atoms with Gasteiger partial charge < -0.3 is 10.2 Å². The summed E-state index contributed by atoms with van der Waals surface area (Å²) >= 11 is 12.0. The summed E-state index contributed by atoms with van der Waals surface area (Å²) in [6.45, 7) is 6.73. The fraction of sp³-hybridized carbons (Fsp3) is 0.480. The molecule has 172 valence electrons. The molecule has 1 N–H and O–H groups in total. The number of piperidine rings is 1. The van der Waals surface area contributed by atoms with Crippen LogP contribution in [0, 0.1) is 0 Å². The summed E-state index contributed by atoms with van der Waals surface area (Å²) in [6.07, 6.45) is 5.00. The molecule has 2 heterocycles. The second kappa shape index (κ2) is 11.4. The molecule has 2 aromatic carbocycles. The Morgan fingerprint density at radius 3 is 2.47 bits per heavy atom. The van der Waals surface area contributed by atoms with Crippen LogP contribution in [0.5, 0.6) is 0 Å². The third-order valence-electron chi connectivity index (χ3n) is 6.58. The minimum atomic E-state index is -0.0785. The third kappa shape index (κ3) is 6.38. The molecule has 1 atom stereocenters. The highest BCUT2D eigenvalue weighted by Crippen LogP contribution is 2.25. The first kappa shape index (κ1) is 23.4.